The SMILES string of the molecule is Cc1cccc(C)c1-c1c(C(CC(C)(C)C)C(CC(C)(C)C)c2nc3c4ccccc4c4cc(CC(C)(C)C)c(CC(C)(C)C)cc4n3c2-c2c(C)cccc2C)nc2c3ccccc3c3cc(CC(C)(C)C)c(CC(C)(C)C)cc3n12. The second kappa shape index (κ2) is 20.8. The summed E-state index contributed by atoms with van der Waals surface area (Å²) in [6, 6.07) is 42.4. The van der Waals surface area contributed by atoms with Gasteiger partial charge in [0.25, 0.3) is 0 Å². The lowest BCUT2D eigenvalue weighted by Gasteiger charge is -2.36. The Labute approximate surface area is 493 Å². The van der Waals surface area contributed by atoms with Crippen LogP contribution in [0.15, 0.2) is 109 Å². The van der Waals surface area contributed by atoms with E-state index in [9.17, 15) is 0 Å². The zero-order valence-electron chi connectivity index (χ0n) is 54.6. The van der Waals surface area contributed by atoms with E-state index in [0.717, 1.165) is 49.8 Å². The topological polar surface area (TPSA) is 34.6 Å². The van der Waals surface area contributed by atoms with Crippen LogP contribution in [0.3, 0.4) is 0 Å². The van der Waals surface area contributed by atoms with Crippen molar-refractivity contribution in [3.05, 3.63) is 165 Å². The molecule has 0 aliphatic heterocycles. The third-order valence-corrected chi connectivity index (χ3v) is 17.0. The van der Waals surface area contributed by atoms with Gasteiger partial charge < -0.3 is 0 Å². The molecule has 4 heterocycles. The lowest BCUT2D eigenvalue weighted by Crippen LogP contribution is -2.24. The maximum absolute atomic E-state index is 6.30. The van der Waals surface area contributed by atoms with Crippen LogP contribution in [0, 0.1) is 60.2 Å². The van der Waals surface area contributed by atoms with Crippen molar-refractivity contribution in [2.45, 2.75) is 203 Å². The molecule has 0 radical (unpaired) electrons. The summed E-state index contributed by atoms with van der Waals surface area (Å²) in [5, 5.41) is 7.50. The van der Waals surface area contributed by atoms with Crippen molar-refractivity contribution in [2.75, 3.05) is 0 Å². The van der Waals surface area contributed by atoms with Crippen LogP contribution in [0.2, 0.25) is 0 Å². The molecule has 0 fully saturated rings. The van der Waals surface area contributed by atoms with Crippen molar-refractivity contribution in [1.29, 1.82) is 0 Å². The summed E-state index contributed by atoms with van der Waals surface area (Å²) in [5.74, 6) is -0.0898. The fourth-order valence-electron chi connectivity index (χ4n) is 14.2. The maximum Gasteiger partial charge on any atom is 0.145 e. The second-order valence-electron chi connectivity index (χ2n) is 32.6. The fourth-order valence-corrected chi connectivity index (χ4v) is 14.2. The fraction of sp³-hybridized carbons (Fsp3) is 0.462. The molecule has 6 aromatic carbocycles. The van der Waals surface area contributed by atoms with Crippen molar-refractivity contribution in [1.82, 2.24) is 18.8 Å². The van der Waals surface area contributed by atoms with E-state index in [0.29, 0.717) is 0 Å². The van der Waals surface area contributed by atoms with E-state index in [4.69, 9.17) is 9.97 Å². The van der Waals surface area contributed by atoms with Gasteiger partial charge >= 0.3 is 0 Å². The molecule has 2 atom stereocenters. The highest BCUT2D eigenvalue weighted by atomic mass is 15.1. The van der Waals surface area contributed by atoms with E-state index in [1.165, 1.54) is 122 Å². The first-order chi connectivity index (χ1) is 38.0. The summed E-state index contributed by atoms with van der Waals surface area (Å²) < 4.78 is 5.28. The van der Waals surface area contributed by atoms with E-state index < -0.39 is 0 Å². The molecule has 0 saturated heterocycles. The lowest BCUT2D eigenvalue weighted by atomic mass is 9.69. The van der Waals surface area contributed by atoms with Crippen molar-refractivity contribution in [2.24, 2.45) is 32.5 Å². The summed E-state index contributed by atoms with van der Waals surface area (Å²) in [4.78, 5) is 12.6. The van der Waals surface area contributed by atoms with Crippen molar-refractivity contribution < 1.29 is 0 Å². The molecule has 0 bridgehead atoms. The normalized spacial score (nSPS) is 14.2. The van der Waals surface area contributed by atoms with Crippen molar-refractivity contribution >= 4 is 54.6 Å². The van der Waals surface area contributed by atoms with Gasteiger partial charge in [-0.3, -0.25) is 8.80 Å². The molecule has 2 unspecified atom stereocenters. The molecule has 10 rings (SSSR count). The Morgan fingerprint density at radius 3 is 0.890 bits per heavy atom. The van der Waals surface area contributed by atoms with E-state index in [1.807, 2.05) is 0 Å². The second-order valence-corrected chi connectivity index (χ2v) is 32.6. The molecule has 0 aliphatic rings. The number of aryl methyl sites for hydroxylation is 4. The Balaban J connectivity index is 1.42. The van der Waals surface area contributed by atoms with Crippen LogP contribution >= 0.6 is 0 Å². The first kappa shape index (κ1) is 58.9. The van der Waals surface area contributed by atoms with E-state index >= 15 is 0 Å². The Hall–Kier alpha value is -6.26. The monoisotopic (exact) mass is 1090 g/mol. The number of pyridine rings is 2. The van der Waals surface area contributed by atoms with Crippen molar-refractivity contribution in [3.63, 3.8) is 0 Å². The number of fused-ring (bicyclic) bond motifs is 12. The summed E-state index contributed by atoms with van der Waals surface area (Å²) in [6.45, 7) is 52.7. The third kappa shape index (κ3) is 11.8. The highest BCUT2D eigenvalue weighted by Gasteiger charge is 2.41. The molecule has 10 aromatic rings. The number of nitrogens with zero attached hydrogens (tertiary/aromatic N) is 4. The van der Waals surface area contributed by atoms with Gasteiger partial charge in [0.1, 0.15) is 11.3 Å². The summed E-state index contributed by atoms with van der Waals surface area (Å²) in [6.07, 6.45) is 5.79. The van der Waals surface area contributed by atoms with Gasteiger partial charge in [0.05, 0.1) is 33.8 Å². The highest BCUT2D eigenvalue weighted by molar-refractivity contribution is 6.14. The minimum Gasteiger partial charge on any atom is -0.291 e. The predicted octanol–water partition coefficient (Wildman–Crippen LogP) is 22.3. The van der Waals surface area contributed by atoms with Gasteiger partial charge in [-0.1, -0.05) is 210 Å². The molecule has 0 saturated carbocycles. The van der Waals surface area contributed by atoms with Crippen LogP contribution in [-0.4, -0.2) is 18.8 Å². The van der Waals surface area contributed by atoms with Gasteiger partial charge in [0.2, 0.25) is 0 Å². The lowest BCUT2D eigenvalue weighted by molar-refractivity contribution is 0.259. The largest absolute Gasteiger partial charge is 0.291 e. The number of benzene rings is 6. The zero-order valence-corrected chi connectivity index (χ0v) is 54.6. The molecule has 4 nitrogen and oxygen atoms in total. The molecule has 4 aromatic heterocycles. The molecule has 0 spiro atoms. The Kier molecular flexibility index (Phi) is 15.0. The predicted molar refractivity (Wildman–Crippen MR) is 356 cm³/mol. The summed E-state index contributed by atoms with van der Waals surface area (Å²) in [5.41, 5.74) is 23.0. The molecule has 430 valence electrons. The van der Waals surface area contributed by atoms with Gasteiger partial charge in [-0.05, 0) is 178 Å². The van der Waals surface area contributed by atoms with Gasteiger partial charge in [-0.2, -0.15) is 0 Å². The molecular weight excluding hydrogens is 993 g/mol. The molecule has 82 heavy (non-hydrogen) atoms. The molecule has 0 amide bonds. The van der Waals surface area contributed by atoms with Gasteiger partial charge in [0.15, 0.2) is 0 Å². The Morgan fingerprint density at radius 2 is 0.610 bits per heavy atom. The number of hydrogen-bond donors (Lipinski definition) is 0. The van der Waals surface area contributed by atoms with Crippen LogP contribution in [0.25, 0.3) is 77.2 Å². The minimum absolute atomic E-state index is 0.0449. The molecular formula is C78H98N4. The first-order valence-corrected chi connectivity index (χ1v) is 31.0. The summed E-state index contributed by atoms with van der Waals surface area (Å²) in [7, 11) is 0. The number of hydrogen-bond acceptors (Lipinski definition) is 2. The number of aromatic nitrogens is 4. The molecule has 4 heteroatoms. The highest BCUT2D eigenvalue weighted by Crippen LogP contribution is 2.54. The van der Waals surface area contributed by atoms with Crippen LogP contribution < -0.4 is 0 Å². The van der Waals surface area contributed by atoms with E-state index in [-0.39, 0.29) is 44.3 Å². The Morgan fingerprint density at radius 1 is 0.329 bits per heavy atom. The number of imidazole rings is 2. The zero-order chi connectivity index (χ0) is 59.6. The minimum atomic E-state index is -0.0802. The third-order valence-electron chi connectivity index (χ3n) is 17.0. The first-order valence-electron chi connectivity index (χ1n) is 31.0. The smallest absolute Gasteiger partial charge is 0.145 e. The van der Waals surface area contributed by atoms with Gasteiger partial charge in [-0.25, -0.2) is 9.97 Å². The maximum atomic E-state index is 6.30. The standard InChI is InChI=1S/C78H98N4/c1-47-29-27-30-48(2)65(47)69-67(79-71-57-35-25-23-33-55(57)59-37-51(41-73(5,6)7)53(43-75(11,12)13)39-63(59)81(69)71)61(45-77(17,18)19)62(46-78(20,21)22)68-70(66-49(3)31-28-32-50(66)4)82-64-40-54(44-76(14,15)16)52(42-74(8,9)10)38-60(64)56-34-24-26-36-58(56)72(82)80-68/h23-40,61-62H,41-46H2,1-22H3. The number of rotatable bonds is 11. The average Bonchev–Trinajstić information content (AvgIpc) is 3.93. The Bertz CT molecular complexity index is 3780. The van der Waals surface area contributed by atoms with Gasteiger partial charge in [-0.15, -0.1) is 0 Å². The van der Waals surface area contributed by atoms with E-state index in [1.54, 1.807) is 0 Å². The average molecular weight is 1090 g/mol. The van der Waals surface area contributed by atoms with E-state index in [2.05, 4.69) is 270 Å². The summed E-state index contributed by atoms with van der Waals surface area (Å²) >= 11 is 0. The quantitative estimate of drug-likeness (QED) is 0.121. The van der Waals surface area contributed by atoms with Crippen LogP contribution in [0.5, 0.6) is 0 Å². The van der Waals surface area contributed by atoms with Crippen LogP contribution in [0.1, 0.15) is 205 Å². The molecule has 0 N–H and O–H groups in total. The van der Waals surface area contributed by atoms with Gasteiger partial charge in [0, 0.05) is 44.5 Å². The van der Waals surface area contributed by atoms with Crippen molar-refractivity contribution in [3.8, 4) is 22.5 Å². The molecule has 0 aliphatic carbocycles. The van der Waals surface area contributed by atoms with Crippen LogP contribution in [-0.2, 0) is 25.7 Å². The van der Waals surface area contributed by atoms with Crippen LogP contribution in [0.4, 0.5) is 0 Å².